The van der Waals surface area contributed by atoms with Crippen LogP contribution in [0, 0.1) is 10.1 Å². The number of hydrogen-bond acceptors (Lipinski definition) is 6. The molecule has 0 saturated carbocycles. The first-order chi connectivity index (χ1) is 11.1. The largest absolute Gasteiger partial charge is 0.461 e. The fourth-order valence-electron chi connectivity index (χ4n) is 2.02. The number of nitrogens with zero attached hydrogens (tertiary/aromatic N) is 2. The first-order valence-corrected chi connectivity index (χ1v) is 6.66. The quantitative estimate of drug-likeness (QED) is 0.572. The maximum atomic E-state index is 12.1. The maximum absolute atomic E-state index is 12.1. The topological polar surface area (TPSA) is 111 Å². The number of nitrogens with one attached hydrogen (secondary N) is 1. The monoisotopic (exact) mass is 313 g/mol. The van der Waals surface area contributed by atoms with Crippen molar-refractivity contribution in [2.24, 2.45) is 0 Å². The van der Waals surface area contributed by atoms with Crippen LogP contribution < -0.4 is 5.32 Å². The van der Waals surface area contributed by atoms with Crippen molar-refractivity contribution in [1.29, 1.82) is 0 Å². The van der Waals surface area contributed by atoms with Crippen LogP contribution in [0.3, 0.4) is 0 Å². The van der Waals surface area contributed by atoms with Gasteiger partial charge in [-0.15, -0.1) is 0 Å². The lowest BCUT2D eigenvalue weighted by Crippen LogP contribution is -2.23. The summed E-state index contributed by atoms with van der Waals surface area (Å²) >= 11 is 0. The van der Waals surface area contributed by atoms with Crippen LogP contribution in [0.4, 0.5) is 5.69 Å². The molecular weight excluding hydrogens is 302 g/mol. The highest BCUT2D eigenvalue weighted by Gasteiger charge is 2.19. The lowest BCUT2D eigenvalue weighted by Gasteiger charge is -2.03. The third-order valence-corrected chi connectivity index (χ3v) is 3.10. The third kappa shape index (κ3) is 3.10. The zero-order valence-corrected chi connectivity index (χ0v) is 11.8. The van der Waals surface area contributed by atoms with Crippen molar-refractivity contribution in [3.05, 3.63) is 70.1 Å². The Bertz CT molecular complexity index is 838. The normalized spacial score (nSPS) is 10.4. The van der Waals surface area contributed by atoms with Crippen molar-refractivity contribution in [1.82, 2.24) is 10.5 Å². The smallest absolute Gasteiger partial charge is 0.282 e. The standard InChI is InChI=1S/C15H11N3O5/c19-15(11-4-1-2-5-12(11)18(20)21)16-9-10-8-14(23-17-10)13-6-3-7-22-13/h1-8H,9H2,(H,16,19). The fourth-order valence-corrected chi connectivity index (χ4v) is 2.02. The molecule has 2 heterocycles. The molecule has 8 heteroatoms. The van der Waals surface area contributed by atoms with E-state index in [-0.39, 0.29) is 17.8 Å². The molecule has 23 heavy (non-hydrogen) atoms. The van der Waals surface area contributed by atoms with Gasteiger partial charge in [-0.2, -0.15) is 0 Å². The maximum Gasteiger partial charge on any atom is 0.282 e. The van der Waals surface area contributed by atoms with E-state index in [4.69, 9.17) is 8.94 Å². The lowest BCUT2D eigenvalue weighted by atomic mass is 10.1. The number of aromatic nitrogens is 1. The number of benzene rings is 1. The van der Waals surface area contributed by atoms with Gasteiger partial charge < -0.3 is 14.3 Å². The number of amides is 1. The van der Waals surface area contributed by atoms with Crippen LogP contribution in [-0.4, -0.2) is 16.0 Å². The van der Waals surface area contributed by atoms with E-state index in [1.165, 1.54) is 24.5 Å². The molecule has 0 bridgehead atoms. The van der Waals surface area contributed by atoms with Crippen molar-refractivity contribution in [2.75, 3.05) is 0 Å². The second kappa shape index (κ2) is 6.14. The SMILES string of the molecule is O=C(NCc1cc(-c2ccco2)on1)c1ccccc1[N+](=O)[O-]. The molecule has 0 atom stereocenters. The van der Waals surface area contributed by atoms with Crippen molar-refractivity contribution in [3.8, 4) is 11.5 Å². The number of furan rings is 1. The van der Waals surface area contributed by atoms with E-state index in [2.05, 4.69) is 10.5 Å². The van der Waals surface area contributed by atoms with Crippen molar-refractivity contribution < 1.29 is 18.7 Å². The summed E-state index contributed by atoms with van der Waals surface area (Å²) in [6.07, 6.45) is 1.51. The van der Waals surface area contributed by atoms with Crippen LogP contribution in [0.15, 0.2) is 57.7 Å². The Kier molecular flexibility index (Phi) is 3.88. The van der Waals surface area contributed by atoms with Gasteiger partial charge in [0.05, 0.1) is 17.7 Å². The highest BCUT2D eigenvalue weighted by atomic mass is 16.6. The average Bonchev–Trinajstić information content (AvgIpc) is 3.23. The van der Waals surface area contributed by atoms with E-state index in [1.807, 2.05) is 0 Å². The van der Waals surface area contributed by atoms with Crippen molar-refractivity contribution in [3.63, 3.8) is 0 Å². The van der Waals surface area contributed by atoms with Gasteiger partial charge in [0.15, 0.2) is 5.76 Å². The molecule has 0 saturated heterocycles. The Labute approximate surface area is 129 Å². The number of para-hydroxylation sites is 1. The summed E-state index contributed by atoms with van der Waals surface area (Å²) in [5.74, 6) is 0.401. The van der Waals surface area contributed by atoms with Gasteiger partial charge in [0.2, 0.25) is 5.76 Å². The van der Waals surface area contributed by atoms with E-state index in [1.54, 1.807) is 24.3 Å². The minimum atomic E-state index is -0.597. The summed E-state index contributed by atoms with van der Waals surface area (Å²) in [5.41, 5.74) is 0.219. The zero-order chi connectivity index (χ0) is 16.2. The van der Waals surface area contributed by atoms with E-state index in [0.29, 0.717) is 17.2 Å². The molecular formula is C15H11N3O5. The van der Waals surface area contributed by atoms with E-state index in [0.717, 1.165) is 0 Å². The van der Waals surface area contributed by atoms with Crippen LogP contribution in [-0.2, 0) is 6.54 Å². The van der Waals surface area contributed by atoms with Crippen LogP contribution in [0.1, 0.15) is 16.1 Å². The number of nitro groups is 1. The van der Waals surface area contributed by atoms with E-state index in [9.17, 15) is 14.9 Å². The van der Waals surface area contributed by atoms with Gasteiger partial charge in [0, 0.05) is 12.1 Å². The van der Waals surface area contributed by atoms with Crippen LogP contribution in [0.5, 0.6) is 0 Å². The Morgan fingerprint density at radius 3 is 2.78 bits per heavy atom. The number of hydrogen-bond donors (Lipinski definition) is 1. The Morgan fingerprint density at radius 1 is 1.22 bits per heavy atom. The van der Waals surface area contributed by atoms with Crippen molar-refractivity contribution >= 4 is 11.6 Å². The molecule has 0 unspecified atom stereocenters. The number of carbonyl (C=O) groups is 1. The molecule has 0 fully saturated rings. The van der Waals surface area contributed by atoms with Crippen LogP contribution in [0.25, 0.3) is 11.5 Å². The summed E-state index contributed by atoms with van der Waals surface area (Å²) in [6, 6.07) is 10.8. The molecule has 0 radical (unpaired) electrons. The molecule has 8 nitrogen and oxygen atoms in total. The molecule has 1 N–H and O–H groups in total. The summed E-state index contributed by atoms with van der Waals surface area (Å²) in [7, 11) is 0. The van der Waals surface area contributed by atoms with Crippen LogP contribution in [0.2, 0.25) is 0 Å². The molecule has 0 spiro atoms. The van der Waals surface area contributed by atoms with E-state index < -0.39 is 10.8 Å². The second-order valence-electron chi connectivity index (χ2n) is 4.62. The molecule has 0 aliphatic heterocycles. The number of carbonyl (C=O) groups excluding carboxylic acids is 1. The molecule has 116 valence electrons. The number of rotatable bonds is 5. The van der Waals surface area contributed by atoms with Gasteiger partial charge in [-0.1, -0.05) is 17.3 Å². The minimum Gasteiger partial charge on any atom is -0.461 e. The summed E-state index contributed by atoms with van der Waals surface area (Å²) in [6.45, 7) is 0.0785. The van der Waals surface area contributed by atoms with Gasteiger partial charge in [-0.25, -0.2) is 0 Å². The summed E-state index contributed by atoms with van der Waals surface area (Å²) < 4.78 is 10.3. The lowest BCUT2D eigenvalue weighted by molar-refractivity contribution is -0.385. The molecule has 3 aromatic rings. The Hall–Kier alpha value is -3.42. The molecule has 3 rings (SSSR count). The van der Waals surface area contributed by atoms with Gasteiger partial charge in [0.25, 0.3) is 11.6 Å². The Balaban J connectivity index is 1.69. The zero-order valence-electron chi connectivity index (χ0n) is 11.8. The third-order valence-electron chi connectivity index (χ3n) is 3.10. The van der Waals surface area contributed by atoms with Crippen molar-refractivity contribution in [2.45, 2.75) is 6.54 Å². The van der Waals surface area contributed by atoms with Gasteiger partial charge in [-0.3, -0.25) is 14.9 Å². The molecule has 1 amide bonds. The number of nitro benzene ring substituents is 1. The highest BCUT2D eigenvalue weighted by Crippen LogP contribution is 2.21. The second-order valence-corrected chi connectivity index (χ2v) is 4.62. The van der Waals surface area contributed by atoms with E-state index >= 15 is 0 Å². The van der Waals surface area contributed by atoms with Gasteiger partial charge in [-0.05, 0) is 18.2 Å². The first-order valence-electron chi connectivity index (χ1n) is 6.66. The first kappa shape index (κ1) is 14.5. The van der Waals surface area contributed by atoms with Gasteiger partial charge >= 0.3 is 0 Å². The molecule has 0 aliphatic rings. The summed E-state index contributed by atoms with van der Waals surface area (Å²) in [4.78, 5) is 22.4. The van der Waals surface area contributed by atoms with Gasteiger partial charge in [0.1, 0.15) is 11.3 Å². The predicted molar refractivity (Wildman–Crippen MR) is 78.5 cm³/mol. The predicted octanol–water partition coefficient (Wildman–Crippen LogP) is 2.77. The molecule has 1 aromatic carbocycles. The molecule has 2 aromatic heterocycles. The Morgan fingerprint density at radius 2 is 2.04 bits per heavy atom. The molecule has 0 aliphatic carbocycles. The minimum absolute atomic E-state index is 0.00717. The average molecular weight is 313 g/mol. The van der Waals surface area contributed by atoms with Crippen LogP contribution >= 0.6 is 0 Å². The highest BCUT2D eigenvalue weighted by molar-refractivity contribution is 5.98. The summed E-state index contributed by atoms with van der Waals surface area (Å²) in [5, 5.41) is 17.3. The fraction of sp³-hybridized carbons (Fsp3) is 0.0667.